The summed E-state index contributed by atoms with van der Waals surface area (Å²) < 4.78 is 19.7. The fourth-order valence-corrected chi connectivity index (χ4v) is 3.05. The van der Waals surface area contributed by atoms with Crippen LogP contribution >= 0.6 is 0 Å². The molecule has 29 heavy (non-hydrogen) atoms. The van der Waals surface area contributed by atoms with Gasteiger partial charge in [-0.15, -0.1) is 0 Å². The zero-order chi connectivity index (χ0) is 21.6. The average Bonchev–Trinajstić information content (AvgIpc) is 2.69. The monoisotopic (exact) mass is 420 g/mol. The summed E-state index contributed by atoms with van der Waals surface area (Å²) in [6.07, 6.45) is -1.22. The number of rotatable bonds is 14. The average molecular weight is 420 g/mol. The van der Waals surface area contributed by atoms with Gasteiger partial charge in [0.15, 0.2) is 0 Å². The van der Waals surface area contributed by atoms with Crippen molar-refractivity contribution in [3.8, 4) is 0 Å². The minimum atomic E-state index is -1.10. The first-order chi connectivity index (χ1) is 14.0. The molecule has 5 atom stereocenters. The van der Waals surface area contributed by atoms with Crippen molar-refractivity contribution in [2.45, 2.75) is 50.8 Å². The highest BCUT2D eigenvalue weighted by Crippen LogP contribution is 2.27. The molecule has 1 aliphatic rings. The largest absolute Gasteiger partial charge is 0.467 e. The first-order valence-corrected chi connectivity index (χ1v) is 9.12. The maximum Gasteiger partial charge on any atom is 0.295 e. The Morgan fingerprint density at radius 2 is 2.00 bits per heavy atom. The molecule has 0 aromatic carbocycles. The van der Waals surface area contributed by atoms with E-state index in [1.54, 1.807) is 0 Å². The van der Waals surface area contributed by atoms with Gasteiger partial charge in [0.25, 0.3) is 19.2 Å². The van der Waals surface area contributed by atoms with Crippen molar-refractivity contribution in [1.29, 1.82) is 0 Å². The molecule has 0 bridgehead atoms. The van der Waals surface area contributed by atoms with Crippen molar-refractivity contribution in [3.63, 3.8) is 0 Å². The number of carbonyl (C=O) groups is 4. The molecule has 13 nitrogen and oxygen atoms in total. The summed E-state index contributed by atoms with van der Waals surface area (Å²) >= 11 is 0. The third-order valence-electron chi connectivity index (χ3n) is 4.33. The second-order valence-corrected chi connectivity index (χ2v) is 6.33. The SMILES string of the molecule is C[OH+][C@@H]1C(OC=O)O[C@@H](NNC(=O)CCCCNN)[C@@H](NC(C)=O)C1COC=O. The van der Waals surface area contributed by atoms with Gasteiger partial charge in [-0.05, 0) is 12.8 Å². The molecule has 2 amide bonds. The molecular weight excluding hydrogens is 390 g/mol. The van der Waals surface area contributed by atoms with Crippen LogP contribution in [-0.4, -0.2) is 74.4 Å². The number of aliphatic hydroxyl groups is 2. The van der Waals surface area contributed by atoms with Gasteiger partial charge in [0, 0.05) is 19.9 Å². The molecule has 13 heteroatoms. The number of nitrogens with two attached hydrogens (primary N) is 1. The first kappa shape index (κ1) is 24.7. The number of hydrazine groups is 2. The lowest BCUT2D eigenvalue weighted by molar-refractivity contribution is -0.299. The van der Waals surface area contributed by atoms with Crippen LogP contribution in [0.4, 0.5) is 0 Å². The van der Waals surface area contributed by atoms with Crippen LogP contribution in [0.3, 0.4) is 0 Å². The number of hydrogen-bond donors (Lipinski definition) is 5. The Hall–Kier alpha value is -2.32. The van der Waals surface area contributed by atoms with Crippen molar-refractivity contribution < 1.29 is 38.1 Å². The predicted octanol–water partition coefficient (Wildman–Crippen LogP) is -3.08. The van der Waals surface area contributed by atoms with E-state index in [1.807, 2.05) is 0 Å². The van der Waals surface area contributed by atoms with Gasteiger partial charge >= 0.3 is 0 Å². The van der Waals surface area contributed by atoms with E-state index in [0.29, 0.717) is 13.0 Å². The first-order valence-electron chi connectivity index (χ1n) is 9.12. The molecular formula is C16H30N5O8+. The number of nitrogens with one attached hydrogen (secondary N) is 4. The van der Waals surface area contributed by atoms with Crippen LogP contribution in [-0.2, 0) is 33.4 Å². The Morgan fingerprint density at radius 1 is 1.24 bits per heavy atom. The Labute approximate surface area is 168 Å². The Balaban J connectivity index is 2.88. The van der Waals surface area contributed by atoms with Crippen LogP contribution in [0.25, 0.3) is 0 Å². The van der Waals surface area contributed by atoms with Crippen molar-refractivity contribution in [2.24, 2.45) is 11.8 Å². The summed E-state index contributed by atoms with van der Waals surface area (Å²) in [5.41, 5.74) is 7.70. The van der Waals surface area contributed by atoms with Gasteiger partial charge in [-0.3, -0.25) is 35.9 Å². The molecule has 1 saturated heterocycles. The lowest BCUT2D eigenvalue weighted by Gasteiger charge is -2.42. The van der Waals surface area contributed by atoms with E-state index < -0.39 is 30.6 Å². The van der Waals surface area contributed by atoms with Crippen LogP contribution in [0, 0.1) is 5.92 Å². The number of ether oxygens (including phenoxy) is 4. The fourth-order valence-electron chi connectivity index (χ4n) is 3.05. The Kier molecular flexibility index (Phi) is 11.8. The van der Waals surface area contributed by atoms with Crippen molar-refractivity contribution in [3.05, 3.63) is 0 Å². The smallest absolute Gasteiger partial charge is 0.295 e. The van der Waals surface area contributed by atoms with Gasteiger partial charge in [0.1, 0.15) is 19.9 Å². The van der Waals surface area contributed by atoms with E-state index in [9.17, 15) is 19.2 Å². The van der Waals surface area contributed by atoms with Crippen LogP contribution in [0.15, 0.2) is 0 Å². The van der Waals surface area contributed by atoms with Gasteiger partial charge in [0.05, 0.1) is 12.0 Å². The molecule has 7 N–H and O–H groups in total. The predicted molar refractivity (Wildman–Crippen MR) is 98.2 cm³/mol. The van der Waals surface area contributed by atoms with E-state index >= 15 is 0 Å². The number of amides is 2. The van der Waals surface area contributed by atoms with Gasteiger partial charge in [-0.2, -0.15) is 0 Å². The summed E-state index contributed by atoms with van der Waals surface area (Å²) in [6.45, 7) is 2.26. The quantitative estimate of drug-likeness (QED) is 0.0635. The molecule has 166 valence electrons. The van der Waals surface area contributed by atoms with E-state index in [1.165, 1.54) is 14.0 Å². The van der Waals surface area contributed by atoms with Crippen molar-refractivity contribution in [1.82, 2.24) is 21.6 Å². The molecule has 2 unspecified atom stereocenters. The second-order valence-electron chi connectivity index (χ2n) is 6.33. The van der Waals surface area contributed by atoms with Crippen LogP contribution < -0.4 is 27.4 Å². The Bertz CT molecular complexity index is 537. The second kappa shape index (κ2) is 13.8. The topological polar surface area (TPSA) is 183 Å². The van der Waals surface area contributed by atoms with Gasteiger partial charge in [-0.25, -0.2) is 5.43 Å². The van der Waals surface area contributed by atoms with Crippen molar-refractivity contribution in [2.75, 3.05) is 20.3 Å². The lowest BCUT2D eigenvalue weighted by atomic mass is 9.89. The zero-order valence-electron chi connectivity index (χ0n) is 16.5. The highest BCUT2D eigenvalue weighted by atomic mass is 16.7. The molecule has 0 aromatic heterocycles. The summed E-state index contributed by atoms with van der Waals surface area (Å²) in [6, 6.07) is -0.741. The minimum Gasteiger partial charge on any atom is -0.467 e. The van der Waals surface area contributed by atoms with E-state index in [-0.39, 0.29) is 37.8 Å². The molecule has 1 aliphatic heterocycles. The summed E-state index contributed by atoms with van der Waals surface area (Å²) in [5, 5.41) is 2.70. The van der Waals surface area contributed by atoms with Crippen LogP contribution in [0.1, 0.15) is 26.2 Å². The molecule has 0 aromatic rings. The third-order valence-corrected chi connectivity index (χ3v) is 4.33. The maximum absolute atomic E-state index is 12.0. The molecule has 1 heterocycles. The molecule has 1 fully saturated rings. The maximum atomic E-state index is 12.0. The lowest BCUT2D eigenvalue weighted by Crippen LogP contribution is -2.68. The minimum absolute atomic E-state index is 0.114. The molecule has 0 aliphatic carbocycles. The highest BCUT2D eigenvalue weighted by Gasteiger charge is 2.51. The summed E-state index contributed by atoms with van der Waals surface area (Å²) in [4.78, 5) is 45.2. The van der Waals surface area contributed by atoms with Gasteiger partial charge in [-0.1, -0.05) is 0 Å². The molecule has 0 saturated carbocycles. The van der Waals surface area contributed by atoms with Gasteiger partial charge < -0.3 is 24.3 Å². The van der Waals surface area contributed by atoms with Gasteiger partial charge in [0.2, 0.25) is 17.9 Å². The van der Waals surface area contributed by atoms with E-state index in [0.717, 1.165) is 6.42 Å². The zero-order valence-corrected chi connectivity index (χ0v) is 16.5. The summed E-state index contributed by atoms with van der Waals surface area (Å²) in [7, 11) is 1.49. The highest BCUT2D eigenvalue weighted by molar-refractivity contribution is 5.75. The van der Waals surface area contributed by atoms with Crippen LogP contribution in [0.2, 0.25) is 0 Å². The number of unbranched alkanes of at least 4 members (excludes halogenated alkanes) is 1. The molecule has 0 radical (unpaired) electrons. The third kappa shape index (κ3) is 8.29. The standard InChI is InChI=1S/C16H29N5O8/c1-10(24)19-13-11(7-27-8-22)14(26-2)16(28-9-23)29-15(13)21-20-12(25)5-3-4-6-18-17/h8-9,11,13-16,18,21H,3-7,17H2,1-2H3,(H,19,24)(H,20,25)/p+1/t11?,13-,14-,15+,16?/m0/s1. The summed E-state index contributed by atoms with van der Waals surface area (Å²) in [5.74, 6) is 3.92. The van der Waals surface area contributed by atoms with Crippen LogP contribution in [0.5, 0.6) is 0 Å². The fraction of sp³-hybridized carbons (Fsp3) is 0.750. The number of carbonyl (C=O) groups excluding carboxylic acids is 4. The van der Waals surface area contributed by atoms with Crippen molar-refractivity contribution >= 4 is 24.8 Å². The van der Waals surface area contributed by atoms with E-state index in [4.69, 9.17) is 20.1 Å². The van der Waals surface area contributed by atoms with E-state index in [2.05, 4.69) is 26.3 Å². The molecule has 0 spiro atoms. The normalized spacial score (nSPS) is 26.2. The number of hydrogen-bond acceptors (Lipinski definition) is 10. The Morgan fingerprint density at radius 3 is 2.59 bits per heavy atom. The molecule has 1 rings (SSSR count).